The molecule has 1 rings (SSSR count). The largest absolute Gasteiger partial charge is 0.480 e. The van der Waals surface area contributed by atoms with Gasteiger partial charge < -0.3 is 15.3 Å². The number of carbonyl (C=O) groups excluding carboxylic acids is 1. The third kappa shape index (κ3) is 5.16. The van der Waals surface area contributed by atoms with Gasteiger partial charge >= 0.3 is 18.2 Å². The highest BCUT2D eigenvalue weighted by Gasteiger charge is 2.32. The number of alkyl halides is 3. The van der Waals surface area contributed by atoms with Gasteiger partial charge in [0.05, 0.1) is 11.9 Å². The Morgan fingerprint density at radius 1 is 1.50 bits per heavy atom. The van der Waals surface area contributed by atoms with E-state index in [0.717, 1.165) is 10.9 Å². The van der Waals surface area contributed by atoms with Crippen LogP contribution in [0.2, 0.25) is 0 Å². The molecule has 0 fully saturated rings. The number of urea groups is 1. The number of nitrogens with zero attached hydrogens (tertiary/aromatic N) is 3. The summed E-state index contributed by atoms with van der Waals surface area (Å²) in [5.41, 5.74) is 0.122. The molecule has 0 spiro atoms. The number of aromatic nitrogens is 2. The molecule has 0 aliphatic heterocycles. The van der Waals surface area contributed by atoms with Crippen molar-refractivity contribution in [2.75, 3.05) is 18.4 Å². The molecule has 0 aromatic carbocycles. The number of nitrogens with one attached hydrogen (secondary N) is 1. The number of hydrogen-bond acceptors (Lipinski definition) is 3. The summed E-state index contributed by atoms with van der Waals surface area (Å²) >= 11 is 0. The van der Waals surface area contributed by atoms with Crippen LogP contribution < -0.4 is 5.32 Å². The van der Waals surface area contributed by atoms with Crippen LogP contribution in [0, 0.1) is 0 Å². The van der Waals surface area contributed by atoms with Gasteiger partial charge in [-0.2, -0.15) is 18.3 Å². The fourth-order valence-corrected chi connectivity index (χ4v) is 1.40. The van der Waals surface area contributed by atoms with E-state index in [1.165, 1.54) is 13.1 Å². The number of amides is 2. The lowest BCUT2D eigenvalue weighted by Crippen LogP contribution is -2.41. The minimum Gasteiger partial charge on any atom is -0.480 e. The Morgan fingerprint density at radius 3 is 2.65 bits per heavy atom. The second-order valence-corrected chi connectivity index (χ2v) is 3.88. The number of anilines is 1. The average molecular weight is 294 g/mol. The first-order chi connectivity index (χ1) is 9.21. The van der Waals surface area contributed by atoms with E-state index in [0.29, 0.717) is 4.90 Å². The van der Waals surface area contributed by atoms with E-state index in [1.54, 1.807) is 0 Å². The summed E-state index contributed by atoms with van der Waals surface area (Å²) in [6.45, 7) is -0.470. The second kappa shape index (κ2) is 6.26. The van der Waals surface area contributed by atoms with Crippen molar-refractivity contribution in [3.8, 4) is 0 Å². The predicted molar refractivity (Wildman–Crippen MR) is 62.2 cm³/mol. The molecule has 20 heavy (non-hydrogen) atoms. The third-order valence-corrected chi connectivity index (χ3v) is 2.22. The lowest BCUT2D eigenvalue weighted by molar-refractivity contribution is -0.139. The molecule has 0 bridgehead atoms. The van der Waals surface area contributed by atoms with Crippen LogP contribution in [0.4, 0.5) is 23.7 Å². The van der Waals surface area contributed by atoms with Gasteiger partial charge in [-0.05, 0) is 6.92 Å². The van der Waals surface area contributed by atoms with Crippen molar-refractivity contribution in [3.63, 3.8) is 0 Å². The quantitative estimate of drug-likeness (QED) is 0.859. The summed E-state index contributed by atoms with van der Waals surface area (Å²) in [5.74, 6) is -1.13. The van der Waals surface area contributed by atoms with E-state index in [2.05, 4.69) is 10.4 Å². The van der Waals surface area contributed by atoms with Gasteiger partial charge in [0.2, 0.25) is 0 Å². The van der Waals surface area contributed by atoms with E-state index < -0.39 is 31.3 Å². The average Bonchev–Trinajstić information content (AvgIpc) is 2.71. The summed E-state index contributed by atoms with van der Waals surface area (Å²) < 4.78 is 37.7. The summed E-state index contributed by atoms with van der Waals surface area (Å²) in [7, 11) is 0. The number of carboxylic acid groups (broad SMARTS) is 1. The fraction of sp³-hybridized carbons (Fsp3) is 0.500. The minimum absolute atomic E-state index is 0.116. The first kappa shape index (κ1) is 15.8. The molecule has 1 aromatic heterocycles. The molecule has 2 N–H and O–H groups in total. The second-order valence-electron chi connectivity index (χ2n) is 3.88. The number of rotatable bonds is 5. The van der Waals surface area contributed by atoms with Gasteiger partial charge in [-0.3, -0.25) is 9.48 Å². The molecule has 112 valence electrons. The first-order valence-electron chi connectivity index (χ1n) is 5.58. The molecule has 1 heterocycles. The fourth-order valence-electron chi connectivity index (χ4n) is 1.40. The minimum atomic E-state index is -4.49. The zero-order valence-electron chi connectivity index (χ0n) is 10.5. The summed E-state index contributed by atoms with van der Waals surface area (Å²) in [6, 6.07) is -0.931. The van der Waals surface area contributed by atoms with Crippen molar-refractivity contribution in [3.05, 3.63) is 12.4 Å². The zero-order chi connectivity index (χ0) is 15.3. The zero-order valence-corrected chi connectivity index (χ0v) is 10.5. The number of hydrogen-bond donors (Lipinski definition) is 2. The van der Waals surface area contributed by atoms with E-state index in [1.807, 2.05) is 0 Å². The molecule has 0 saturated carbocycles. The lowest BCUT2D eigenvalue weighted by Gasteiger charge is -2.22. The van der Waals surface area contributed by atoms with Gasteiger partial charge in [0, 0.05) is 12.7 Å². The Kier molecular flexibility index (Phi) is 4.94. The predicted octanol–water partition coefficient (Wildman–Crippen LogP) is 1.38. The Hall–Kier alpha value is -2.26. The molecule has 1 aromatic rings. The van der Waals surface area contributed by atoms with Crippen molar-refractivity contribution in [2.24, 2.45) is 0 Å². The SMILES string of the molecule is CCN(CC(F)(F)F)C(=O)Nc1cnn(CC(=O)O)c1. The van der Waals surface area contributed by atoms with Crippen molar-refractivity contribution in [1.29, 1.82) is 0 Å². The molecular weight excluding hydrogens is 281 g/mol. The van der Waals surface area contributed by atoms with Crippen LogP contribution in [0.1, 0.15) is 6.92 Å². The van der Waals surface area contributed by atoms with Gasteiger partial charge in [0.15, 0.2) is 0 Å². The van der Waals surface area contributed by atoms with E-state index >= 15 is 0 Å². The summed E-state index contributed by atoms with van der Waals surface area (Å²) in [4.78, 5) is 22.6. The number of aliphatic carboxylic acids is 1. The Labute approximate surface area is 112 Å². The Bertz CT molecular complexity index is 486. The highest BCUT2D eigenvalue weighted by molar-refractivity contribution is 5.89. The highest BCUT2D eigenvalue weighted by Crippen LogP contribution is 2.17. The highest BCUT2D eigenvalue weighted by atomic mass is 19.4. The van der Waals surface area contributed by atoms with Crippen LogP contribution in [0.5, 0.6) is 0 Å². The molecule has 0 saturated heterocycles. The van der Waals surface area contributed by atoms with Crippen molar-refractivity contribution < 1.29 is 27.9 Å². The molecule has 0 aliphatic carbocycles. The maximum Gasteiger partial charge on any atom is 0.406 e. The maximum absolute atomic E-state index is 12.2. The monoisotopic (exact) mass is 294 g/mol. The molecule has 0 unspecified atom stereocenters. The van der Waals surface area contributed by atoms with Gasteiger partial charge in [-0.1, -0.05) is 0 Å². The van der Waals surface area contributed by atoms with Gasteiger partial charge in [0.1, 0.15) is 13.1 Å². The standard InChI is InChI=1S/C10H13F3N4O3/c1-2-16(6-10(11,12)13)9(20)15-7-3-14-17(4-7)5-8(18)19/h3-4H,2,5-6H2,1H3,(H,15,20)(H,18,19). The first-order valence-corrected chi connectivity index (χ1v) is 5.58. The van der Waals surface area contributed by atoms with Crippen LogP contribution in [-0.4, -0.2) is 51.1 Å². The Balaban J connectivity index is 2.64. The Morgan fingerprint density at radius 2 is 2.15 bits per heavy atom. The summed E-state index contributed by atoms with van der Waals surface area (Å²) in [6.07, 6.45) is -2.11. The number of carbonyl (C=O) groups is 2. The number of carboxylic acids is 1. The van der Waals surface area contributed by atoms with Crippen molar-refractivity contribution in [2.45, 2.75) is 19.6 Å². The molecule has 10 heteroatoms. The van der Waals surface area contributed by atoms with Gasteiger partial charge in [-0.15, -0.1) is 0 Å². The topological polar surface area (TPSA) is 87.5 Å². The smallest absolute Gasteiger partial charge is 0.406 e. The summed E-state index contributed by atoms with van der Waals surface area (Å²) in [5, 5.41) is 14.4. The lowest BCUT2D eigenvalue weighted by atomic mass is 10.5. The maximum atomic E-state index is 12.2. The third-order valence-electron chi connectivity index (χ3n) is 2.22. The molecule has 0 radical (unpaired) electrons. The molecule has 7 nitrogen and oxygen atoms in total. The molecule has 0 atom stereocenters. The van der Waals surface area contributed by atoms with Crippen molar-refractivity contribution in [1.82, 2.24) is 14.7 Å². The number of halogens is 3. The van der Waals surface area contributed by atoms with E-state index in [-0.39, 0.29) is 12.2 Å². The van der Waals surface area contributed by atoms with Crippen LogP contribution in [-0.2, 0) is 11.3 Å². The van der Waals surface area contributed by atoms with Crippen molar-refractivity contribution >= 4 is 17.7 Å². The van der Waals surface area contributed by atoms with Crippen LogP contribution in [0.15, 0.2) is 12.4 Å². The normalized spacial score (nSPS) is 11.2. The molecule has 2 amide bonds. The van der Waals surface area contributed by atoms with Gasteiger partial charge in [-0.25, -0.2) is 4.79 Å². The van der Waals surface area contributed by atoms with E-state index in [9.17, 15) is 22.8 Å². The van der Waals surface area contributed by atoms with E-state index in [4.69, 9.17) is 5.11 Å². The molecule has 0 aliphatic rings. The van der Waals surface area contributed by atoms with Gasteiger partial charge in [0.25, 0.3) is 0 Å². The van der Waals surface area contributed by atoms with Crippen LogP contribution >= 0.6 is 0 Å². The van der Waals surface area contributed by atoms with Crippen LogP contribution in [0.3, 0.4) is 0 Å². The molecular formula is C10H13F3N4O3. The van der Waals surface area contributed by atoms with Crippen LogP contribution in [0.25, 0.3) is 0 Å².